The highest BCUT2D eigenvalue weighted by molar-refractivity contribution is 7.22. The minimum atomic E-state index is -0.254. The van der Waals surface area contributed by atoms with Gasteiger partial charge in [-0.25, -0.2) is 4.98 Å². The van der Waals surface area contributed by atoms with Crippen LogP contribution in [0.1, 0.15) is 11.3 Å². The summed E-state index contributed by atoms with van der Waals surface area (Å²) < 4.78 is 11.6. The maximum absolute atomic E-state index is 13.0. The van der Waals surface area contributed by atoms with E-state index in [-0.39, 0.29) is 5.91 Å². The Labute approximate surface area is 159 Å². The third-order valence-corrected chi connectivity index (χ3v) is 4.94. The molecule has 0 saturated heterocycles. The number of hydrogen-bond donors (Lipinski definition) is 1. The monoisotopic (exact) mass is 376 g/mol. The number of aromatic nitrogens is 1. The Morgan fingerprint density at radius 3 is 2.63 bits per heavy atom. The smallest absolute Gasteiger partial charge is 0.258 e. The van der Waals surface area contributed by atoms with Gasteiger partial charge in [0.25, 0.3) is 5.91 Å². The quantitative estimate of drug-likeness (QED) is 0.494. The van der Waals surface area contributed by atoms with Gasteiger partial charge in [0.1, 0.15) is 11.5 Å². The number of carbonyl (C=O) groups is 1. The third-order valence-electron chi connectivity index (χ3n) is 3.99. The van der Waals surface area contributed by atoms with Gasteiger partial charge in [-0.3, -0.25) is 10.1 Å². The summed E-state index contributed by atoms with van der Waals surface area (Å²) in [6, 6.07) is 18.7. The first-order valence-corrected chi connectivity index (χ1v) is 9.11. The topological polar surface area (TPSA) is 64.4 Å². The maximum atomic E-state index is 13.0. The Morgan fingerprint density at radius 1 is 1.11 bits per heavy atom. The zero-order valence-corrected chi connectivity index (χ0v) is 15.3. The van der Waals surface area contributed by atoms with E-state index in [9.17, 15) is 4.79 Å². The molecule has 0 bridgehead atoms. The van der Waals surface area contributed by atoms with Crippen LogP contribution in [0.5, 0.6) is 5.75 Å². The number of ether oxygens (including phenoxy) is 1. The van der Waals surface area contributed by atoms with E-state index < -0.39 is 0 Å². The number of rotatable bonds is 5. The number of fused-ring (bicyclic) bond motifs is 1. The number of amides is 1. The Balaban J connectivity index is 1.67. The number of nitrogens with one attached hydrogen (secondary N) is 1. The van der Waals surface area contributed by atoms with Gasteiger partial charge in [0.2, 0.25) is 0 Å². The normalized spacial score (nSPS) is 11.5. The predicted octanol–water partition coefficient (Wildman–Crippen LogP) is 5.08. The van der Waals surface area contributed by atoms with E-state index in [1.54, 1.807) is 31.6 Å². The Bertz CT molecular complexity index is 1060. The van der Waals surface area contributed by atoms with Gasteiger partial charge in [0.05, 0.1) is 29.2 Å². The molecule has 0 radical (unpaired) electrons. The predicted molar refractivity (Wildman–Crippen MR) is 108 cm³/mol. The molecule has 4 rings (SSSR count). The molecule has 4 aromatic rings. The lowest BCUT2D eigenvalue weighted by Gasteiger charge is -2.08. The van der Waals surface area contributed by atoms with Gasteiger partial charge in [-0.1, -0.05) is 35.6 Å². The van der Waals surface area contributed by atoms with Gasteiger partial charge < -0.3 is 9.15 Å². The van der Waals surface area contributed by atoms with E-state index in [4.69, 9.17) is 9.15 Å². The van der Waals surface area contributed by atoms with Gasteiger partial charge in [-0.2, -0.15) is 0 Å². The van der Waals surface area contributed by atoms with Gasteiger partial charge in [0, 0.05) is 0 Å². The second-order valence-corrected chi connectivity index (χ2v) is 6.77. The third kappa shape index (κ3) is 3.75. The van der Waals surface area contributed by atoms with E-state index in [1.807, 2.05) is 48.5 Å². The Hall–Kier alpha value is -3.38. The number of para-hydroxylation sites is 1. The van der Waals surface area contributed by atoms with Crippen LogP contribution in [0.15, 0.2) is 71.3 Å². The van der Waals surface area contributed by atoms with Crippen LogP contribution in [0, 0.1) is 0 Å². The van der Waals surface area contributed by atoms with Gasteiger partial charge in [-0.15, -0.1) is 0 Å². The van der Waals surface area contributed by atoms with Gasteiger partial charge in [0.15, 0.2) is 5.13 Å². The van der Waals surface area contributed by atoms with Crippen LogP contribution in [0.3, 0.4) is 0 Å². The Kier molecular flexibility index (Phi) is 4.72. The van der Waals surface area contributed by atoms with Crippen molar-refractivity contribution in [3.8, 4) is 5.75 Å². The van der Waals surface area contributed by atoms with Crippen molar-refractivity contribution in [1.29, 1.82) is 0 Å². The van der Waals surface area contributed by atoms with Crippen LogP contribution in [0.4, 0.5) is 5.13 Å². The lowest BCUT2D eigenvalue weighted by Crippen LogP contribution is -2.13. The maximum Gasteiger partial charge on any atom is 0.258 e. The van der Waals surface area contributed by atoms with Crippen LogP contribution >= 0.6 is 11.3 Å². The highest BCUT2D eigenvalue weighted by Gasteiger charge is 2.15. The highest BCUT2D eigenvalue weighted by atomic mass is 32.1. The highest BCUT2D eigenvalue weighted by Crippen LogP contribution is 2.28. The number of benzene rings is 2. The van der Waals surface area contributed by atoms with Crippen molar-refractivity contribution in [2.45, 2.75) is 0 Å². The molecule has 0 spiro atoms. The summed E-state index contributed by atoms with van der Waals surface area (Å²) in [7, 11) is 1.61. The fourth-order valence-electron chi connectivity index (χ4n) is 2.66. The number of nitrogens with zero attached hydrogens (tertiary/aromatic N) is 1. The average molecular weight is 376 g/mol. The number of hydrogen-bond acceptors (Lipinski definition) is 5. The molecule has 0 atom stereocenters. The molecule has 2 aromatic heterocycles. The SMILES string of the molecule is COc1ccc(C(=Cc2ccco2)C(=O)Nc2nc3ccccc3s2)cc1. The molecule has 0 aliphatic rings. The molecular formula is C21H16N2O3S. The second kappa shape index (κ2) is 7.47. The van der Waals surface area contributed by atoms with Gasteiger partial charge >= 0.3 is 0 Å². The second-order valence-electron chi connectivity index (χ2n) is 5.74. The molecular weight excluding hydrogens is 360 g/mol. The molecule has 2 aromatic carbocycles. The summed E-state index contributed by atoms with van der Waals surface area (Å²) in [5.41, 5.74) is 2.09. The first kappa shape index (κ1) is 17.1. The molecule has 6 heteroatoms. The standard InChI is InChI=1S/C21H16N2O3S/c1-25-15-10-8-14(9-11-15)17(13-16-5-4-12-26-16)20(24)23-21-22-18-6-2-3-7-19(18)27-21/h2-13H,1H3,(H,22,23,24). The van der Waals surface area contributed by atoms with Gasteiger partial charge in [-0.05, 0) is 48.0 Å². The molecule has 134 valence electrons. The van der Waals surface area contributed by atoms with E-state index in [0.717, 1.165) is 21.5 Å². The molecule has 0 aliphatic heterocycles. The fourth-order valence-corrected chi connectivity index (χ4v) is 3.52. The van der Waals surface area contributed by atoms with E-state index in [1.165, 1.54) is 11.3 Å². The van der Waals surface area contributed by atoms with Crippen LogP contribution in [0.25, 0.3) is 21.9 Å². The van der Waals surface area contributed by atoms with Crippen molar-refractivity contribution < 1.29 is 13.9 Å². The van der Waals surface area contributed by atoms with Crippen LogP contribution in [0.2, 0.25) is 0 Å². The molecule has 0 saturated carbocycles. The molecule has 1 N–H and O–H groups in total. The summed E-state index contributed by atoms with van der Waals surface area (Å²) in [5.74, 6) is 1.07. The van der Waals surface area contributed by atoms with E-state index >= 15 is 0 Å². The van der Waals surface area contributed by atoms with Crippen molar-refractivity contribution in [3.05, 3.63) is 78.3 Å². The first-order valence-electron chi connectivity index (χ1n) is 8.29. The number of thiazole rings is 1. The minimum absolute atomic E-state index is 0.254. The summed E-state index contributed by atoms with van der Waals surface area (Å²) in [4.78, 5) is 17.5. The van der Waals surface area contributed by atoms with Crippen LogP contribution in [-0.2, 0) is 4.79 Å². The average Bonchev–Trinajstić information content (AvgIpc) is 3.35. The molecule has 1 amide bonds. The summed E-state index contributed by atoms with van der Waals surface area (Å²) in [5, 5.41) is 3.45. The summed E-state index contributed by atoms with van der Waals surface area (Å²) >= 11 is 1.44. The molecule has 5 nitrogen and oxygen atoms in total. The molecule has 0 fully saturated rings. The first-order chi connectivity index (χ1) is 13.2. The summed E-state index contributed by atoms with van der Waals surface area (Å²) in [6.45, 7) is 0. The zero-order chi connectivity index (χ0) is 18.6. The zero-order valence-electron chi connectivity index (χ0n) is 14.5. The number of anilines is 1. The summed E-state index contributed by atoms with van der Waals surface area (Å²) in [6.07, 6.45) is 3.29. The Morgan fingerprint density at radius 2 is 1.93 bits per heavy atom. The van der Waals surface area contributed by atoms with Crippen molar-refractivity contribution in [3.63, 3.8) is 0 Å². The van der Waals surface area contributed by atoms with Crippen LogP contribution < -0.4 is 10.1 Å². The van der Waals surface area contributed by atoms with Crippen molar-refractivity contribution in [2.75, 3.05) is 12.4 Å². The van der Waals surface area contributed by atoms with Crippen molar-refractivity contribution in [1.82, 2.24) is 4.98 Å². The number of methoxy groups -OCH3 is 1. The number of furan rings is 1. The van der Waals surface area contributed by atoms with Crippen molar-refractivity contribution >= 4 is 44.2 Å². The molecule has 0 aliphatic carbocycles. The van der Waals surface area contributed by atoms with E-state index in [2.05, 4.69) is 10.3 Å². The molecule has 27 heavy (non-hydrogen) atoms. The lowest BCUT2D eigenvalue weighted by atomic mass is 10.0. The fraction of sp³-hybridized carbons (Fsp3) is 0.0476. The van der Waals surface area contributed by atoms with Crippen molar-refractivity contribution in [2.24, 2.45) is 0 Å². The van der Waals surface area contributed by atoms with Crippen LogP contribution in [-0.4, -0.2) is 18.0 Å². The molecule has 0 unspecified atom stereocenters. The largest absolute Gasteiger partial charge is 0.497 e. The lowest BCUT2D eigenvalue weighted by molar-refractivity contribution is -0.111. The number of carbonyl (C=O) groups excluding carboxylic acids is 1. The molecule has 2 heterocycles. The minimum Gasteiger partial charge on any atom is -0.497 e. The van der Waals surface area contributed by atoms with E-state index in [0.29, 0.717) is 16.5 Å².